The smallest absolute Gasteiger partial charge is 0.273 e. The Morgan fingerprint density at radius 3 is 2.89 bits per heavy atom. The van der Waals surface area contributed by atoms with Crippen molar-refractivity contribution in [2.75, 3.05) is 6.54 Å². The fraction of sp³-hybridized carbons (Fsp3) is 0.143. The van der Waals surface area contributed by atoms with Crippen LogP contribution in [0.4, 0.5) is 4.39 Å². The Balaban J connectivity index is 1.90. The Kier molecular flexibility index (Phi) is 4.07. The Labute approximate surface area is 109 Å². The molecule has 0 aliphatic carbocycles. The van der Waals surface area contributed by atoms with E-state index in [0.29, 0.717) is 13.0 Å². The molecular weight excluding hydrogens is 247 g/mol. The van der Waals surface area contributed by atoms with Crippen LogP contribution in [0, 0.1) is 5.82 Å². The number of carbonyl (C=O) groups excluding carboxylic acids is 1. The lowest BCUT2D eigenvalue weighted by Crippen LogP contribution is -2.26. The van der Waals surface area contributed by atoms with Crippen molar-refractivity contribution < 1.29 is 14.3 Å². The van der Waals surface area contributed by atoms with Crippen molar-refractivity contribution in [2.45, 2.75) is 6.42 Å². The molecule has 4 nitrogen and oxygen atoms in total. The van der Waals surface area contributed by atoms with Gasteiger partial charge in [-0.1, -0.05) is 12.1 Å². The van der Waals surface area contributed by atoms with E-state index in [1.54, 1.807) is 18.2 Å². The van der Waals surface area contributed by atoms with Gasteiger partial charge in [0.25, 0.3) is 5.91 Å². The second-order valence-corrected chi connectivity index (χ2v) is 4.01. The molecule has 2 aromatic rings. The lowest BCUT2D eigenvalue weighted by molar-refractivity contribution is 0.0946. The van der Waals surface area contributed by atoms with Crippen LogP contribution in [0.25, 0.3) is 0 Å². The number of halogens is 1. The molecule has 0 bridgehead atoms. The number of nitrogens with zero attached hydrogens (tertiary/aromatic N) is 1. The Morgan fingerprint density at radius 1 is 1.32 bits per heavy atom. The highest BCUT2D eigenvalue weighted by Crippen LogP contribution is 2.12. The van der Waals surface area contributed by atoms with E-state index in [9.17, 15) is 14.3 Å². The van der Waals surface area contributed by atoms with E-state index in [-0.39, 0.29) is 17.3 Å². The molecule has 0 radical (unpaired) electrons. The Hall–Kier alpha value is -2.43. The molecule has 2 rings (SSSR count). The van der Waals surface area contributed by atoms with E-state index in [2.05, 4.69) is 10.3 Å². The van der Waals surface area contributed by atoms with Gasteiger partial charge in [0.05, 0.1) is 0 Å². The Morgan fingerprint density at radius 2 is 2.16 bits per heavy atom. The first-order valence-corrected chi connectivity index (χ1v) is 5.83. The lowest BCUT2D eigenvalue weighted by Gasteiger charge is -2.06. The van der Waals surface area contributed by atoms with Gasteiger partial charge in [0.1, 0.15) is 11.6 Å². The summed E-state index contributed by atoms with van der Waals surface area (Å²) >= 11 is 0. The van der Waals surface area contributed by atoms with Gasteiger partial charge in [-0.05, 0) is 36.2 Å². The number of nitrogens with one attached hydrogen (secondary N) is 1. The summed E-state index contributed by atoms with van der Waals surface area (Å²) < 4.78 is 12.9. The summed E-state index contributed by atoms with van der Waals surface area (Å²) in [6, 6.07) is 9.14. The lowest BCUT2D eigenvalue weighted by atomic mass is 10.1. The van der Waals surface area contributed by atoms with E-state index >= 15 is 0 Å². The molecule has 1 aromatic heterocycles. The minimum atomic E-state index is -0.450. The van der Waals surface area contributed by atoms with Gasteiger partial charge >= 0.3 is 0 Å². The maximum atomic E-state index is 12.9. The first-order chi connectivity index (χ1) is 9.16. The number of aromatic hydroxyl groups is 1. The molecule has 5 heteroatoms. The van der Waals surface area contributed by atoms with E-state index in [1.807, 2.05) is 0 Å². The minimum absolute atomic E-state index is 0.0123. The Bertz CT molecular complexity index is 587. The average molecular weight is 260 g/mol. The standard InChI is InChI=1S/C14H13FN2O2/c15-11-4-1-3-10(9-11)6-8-17-14(19)13-12(18)5-2-7-16-13/h1-5,7,9,18H,6,8H2,(H,17,19). The fourth-order valence-corrected chi connectivity index (χ4v) is 1.67. The SMILES string of the molecule is O=C(NCCc1cccc(F)c1)c1ncccc1O. The van der Waals surface area contributed by atoms with Gasteiger partial charge in [0.15, 0.2) is 5.69 Å². The van der Waals surface area contributed by atoms with E-state index < -0.39 is 5.91 Å². The molecule has 0 atom stereocenters. The number of carbonyl (C=O) groups is 1. The fourth-order valence-electron chi connectivity index (χ4n) is 1.67. The number of amides is 1. The molecular formula is C14H13FN2O2. The summed E-state index contributed by atoms with van der Waals surface area (Å²) in [4.78, 5) is 15.5. The highest BCUT2D eigenvalue weighted by molar-refractivity contribution is 5.94. The van der Waals surface area contributed by atoms with Crippen molar-refractivity contribution >= 4 is 5.91 Å². The topological polar surface area (TPSA) is 62.2 Å². The van der Waals surface area contributed by atoms with Gasteiger partial charge in [-0.3, -0.25) is 4.79 Å². The van der Waals surface area contributed by atoms with Gasteiger partial charge < -0.3 is 10.4 Å². The highest BCUT2D eigenvalue weighted by atomic mass is 19.1. The molecule has 1 amide bonds. The van der Waals surface area contributed by atoms with Gasteiger partial charge in [0, 0.05) is 12.7 Å². The molecule has 0 spiro atoms. The molecule has 0 aliphatic rings. The normalized spacial score (nSPS) is 10.2. The number of hydrogen-bond donors (Lipinski definition) is 2. The predicted molar refractivity (Wildman–Crippen MR) is 68.3 cm³/mol. The summed E-state index contributed by atoms with van der Waals surface area (Å²) in [5.41, 5.74) is 0.785. The molecule has 0 fully saturated rings. The number of pyridine rings is 1. The minimum Gasteiger partial charge on any atom is -0.505 e. The summed E-state index contributed by atoms with van der Waals surface area (Å²) in [7, 11) is 0. The summed E-state index contributed by atoms with van der Waals surface area (Å²) in [5.74, 6) is -0.911. The molecule has 0 aliphatic heterocycles. The van der Waals surface area contributed by atoms with Crippen molar-refractivity contribution in [3.63, 3.8) is 0 Å². The largest absolute Gasteiger partial charge is 0.505 e. The second-order valence-electron chi connectivity index (χ2n) is 4.01. The van der Waals surface area contributed by atoms with Gasteiger partial charge in [0.2, 0.25) is 0 Å². The van der Waals surface area contributed by atoms with Crippen LogP contribution in [-0.2, 0) is 6.42 Å². The number of benzene rings is 1. The van der Waals surface area contributed by atoms with E-state index in [4.69, 9.17) is 0 Å². The van der Waals surface area contributed by atoms with Crippen molar-refractivity contribution in [3.05, 3.63) is 59.7 Å². The van der Waals surface area contributed by atoms with Gasteiger partial charge in [-0.15, -0.1) is 0 Å². The summed E-state index contributed by atoms with van der Waals surface area (Å²) in [6.07, 6.45) is 1.94. The van der Waals surface area contributed by atoms with Crippen LogP contribution >= 0.6 is 0 Å². The zero-order valence-corrected chi connectivity index (χ0v) is 10.1. The third-order valence-corrected chi connectivity index (χ3v) is 2.59. The van der Waals surface area contributed by atoms with E-state index in [1.165, 1.54) is 24.4 Å². The zero-order valence-electron chi connectivity index (χ0n) is 10.1. The molecule has 0 saturated carbocycles. The maximum Gasteiger partial charge on any atom is 0.273 e. The van der Waals surface area contributed by atoms with Crippen LogP contribution in [0.3, 0.4) is 0 Å². The van der Waals surface area contributed by atoms with E-state index in [0.717, 1.165) is 5.56 Å². The van der Waals surface area contributed by atoms with Crippen molar-refractivity contribution in [3.8, 4) is 5.75 Å². The molecule has 19 heavy (non-hydrogen) atoms. The summed E-state index contributed by atoms with van der Waals surface area (Å²) in [6.45, 7) is 0.346. The van der Waals surface area contributed by atoms with Gasteiger partial charge in [-0.2, -0.15) is 0 Å². The molecule has 98 valence electrons. The number of rotatable bonds is 4. The van der Waals surface area contributed by atoms with Crippen LogP contribution in [0.1, 0.15) is 16.1 Å². The van der Waals surface area contributed by atoms with Crippen molar-refractivity contribution in [1.82, 2.24) is 10.3 Å². The van der Waals surface area contributed by atoms with Crippen LogP contribution in [0.15, 0.2) is 42.6 Å². The average Bonchev–Trinajstić information content (AvgIpc) is 2.39. The maximum absolute atomic E-state index is 12.9. The molecule has 1 aromatic carbocycles. The first-order valence-electron chi connectivity index (χ1n) is 5.83. The van der Waals surface area contributed by atoms with Crippen LogP contribution in [0.5, 0.6) is 5.75 Å². The molecule has 2 N–H and O–H groups in total. The third kappa shape index (κ3) is 3.51. The molecule has 0 saturated heterocycles. The van der Waals surface area contributed by atoms with Gasteiger partial charge in [-0.25, -0.2) is 9.37 Å². The third-order valence-electron chi connectivity index (χ3n) is 2.59. The van der Waals surface area contributed by atoms with Crippen LogP contribution in [-0.4, -0.2) is 22.5 Å². The zero-order chi connectivity index (χ0) is 13.7. The molecule has 1 heterocycles. The first kappa shape index (κ1) is 13.0. The van der Waals surface area contributed by atoms with Crippen molar-refractivity contribution in [1.29, 1.82) is 0 Å². The van der Waals surface area contributed by atoms with Crippen LogP contribution in [0.2, 0.25) is 0 Å². The monoisotopic (exact) mass is 260 g/mol. The van der Waals surface area contributed by atoms with Crippen LogP contribution < -0.4 is 5.32 Å². The molecule has 0 unspecified atom stereocenters. The summed E-state index contributed by atoms with van der Waals surface area (Å²) in [5, 5.41) is 12.1. The number of hydrogen-bond acceptors (Lipinski definition) is 3. The highest BCUT2D eigenvalue weighted by Gasteiger charge is 2.11. The second kappa shape index (κ2) is 5.95. The predicted octanol–water partition coefficient (Wildman–Crippen LogP) is 1.90. The quantitative estimate of drug-likeness (QED) is 0.882. The van der Waals surface area contributed by atoms with Crippen molar-refractivity contribution in [2.24, 2.45) is 0 Å². The number of aromatic nitrogens is 1.